The number of halogens is 1. The molecule has 0 radical (unpaired) electrons. The Hall–Kier alpha value is -1.09. The summed E-state index contributed by atoms with van der Waals surface area (Å²) in [5.74, 6) is -0.970. The van der Waals surface area contributed by atoms with Crippen molar-refractivity contribution in [3.63, 3.8) is 0 Å². The van der Waals surface area contributed by atoms with Gasteiger partial charge in [0.2, 0.25) is 0 Å². The van der Waals surface area contributed by atoms with E-state index in [9.17, 15) is 4.79 Å². The topological polar surface area (TPSA) is 50.2 Å². The van der Waals surface area contributed by atoms with Crippen LogP contribution in [0.2, 0.25) is 0 Å². The molecule has 1 aromatic heterocycles. The molecule has 3 nitrogen and oxygen atoms in total. The zero-order valence-corrected chi connectivity index (χ0v) is 8.88. The molecular formula is C10H14ClNO2. The lowest BCUT2D eigenvalue weighted by Crippen LogP contribution is -2.00. The van der Waals surface area contributed by atoms with Gasteiger partial charge in [-0.25, -0.2) is 9.78 Å². The normalized spacial score (nSPS) is 9.21. The molecule has 0 atom stereocenters. The summed E-state index contributed by atoms with van der Waals surface area (Å²) in [5, 5.41) is 8.59. The molecule has 0 saturated heterocycles. The Morgan fingerprint density at radius 2 is 2.21 bits per heavy atom. The first-order valence-electron chi connectivity index (χ1n) is 4.42. The standard InChI is InChI=1S/C10H13NO2.ClH/c1-2-3-4-8-5-6-9(10(12)13)11-7-8;/h5-7H,2-4H2,1H3,(H,12,13);1H. The number of carboxylic acid groups (broad SMARTS) is 1. The third kappa shape index (κ3) is 3.75. The summed E-state index contributed by atoms with van der Waals surface area (Å²) in [6.45, 7) is 2.12. The average molecular weight is 216 g/mol. The first-order chi connectivity index (χ1) is 6.24. The van der Waals surface area contributed by atoms with Gasteiger partial charge in [-0.15, -0.1) is 12.4 Å². The van der Waals surface area contributed by atoms with E-state index in [0.717, 1.165) is 24.8 Å². The van der Waals surface area contributed by atoms with Crippen molar-refractivity contribution in [1.82, 2.24) is 4.98 Å². The summed E-state index contributed by atoms with van der Waals surface area (Å²) in [6, 6.07) is 3.37. The van der Waals surface area contributed by atoms with Gasteiger partial charge in [-0.1, -0.05) is 19.4 Å². The second-order valence-electron chi connectivity index (χ2n) is 2.96. The largest absolute Gasteiger partial charge is 0.477 e. The molecule has 1 aromatic rings. The predicted molar refractivity (Wildman–Crippen MR) is 57.1 cm³/mol. The zero-order valence-electron chi connectivity index (χ0n) is 8.06. The van der Waals surface area contributed by atoms with Crippen molar-refractivity contribution in [2.45, 2.75) is 26.2 Å². The Bertz CT molecular complexity index is 285. The molecule has 0 aliphatic carbocycles. The van der Waals surface area contributed by atoms with E-state index in [2.05, 4.69) is 11.9 Å². The number of carboxylic acids is 1. The highest BCUT2D eigenvalue weighted by Crippen LogP contribution is 2.04. The molecule has 0 aromatic carbocycles. The molecule has 1 heterocycles. The lowest BCUT2D eigenvalue weighted by Gasteiger charge is -1.98. The number of unbranched alkanes of at least 4 members (excludes halogenated alkanes) is 1. The van der Waals surface area contributed by atoms with Gasteiger partial charge >= 0.3 is 5.97 Å². The molecule has 0 unspecified atom stereocenters. The summed E-state index contributed by atoms with van der Waals surface area (Å²) in [6.07, 6.45) is 4.87. The van der Waals surface area contributed by atoms with E-state index in [4.69, 9.17) is 5.11 Å². The number of aryl methyl sites for hydroxylation is 1. The molecule has 4 heteroatoms. The van der Waals surface area contributed by atoms with Crippen LogP contribution >= 0.6 is 12.4 Å². The van der Waals surface area contributed by atoms with Crippen molar-refractivity contribution < 1.29 is 9.90 Å². The maximum Gasteiger partial charge on any atom is 0.354 e. The maximum atomic E-state index is 10.5. The first kappa shape index (κ1) is 12.9. The monoisotopic (exact) mass is 215 g/mol. The Morgan fingerprint density at radius 3 is 2.64 bits per heavy atom. The van der Waals surface area contributed by atoms with Crippen LogP contribution in [0.15, 0.2) is 18.3 Å². The minimum absolute atomic E-state index is 0. The molecule has 0 bridgehead atoms. The van der Waals surface area contributed by atoms with Crippen LogP contribution in [-0.4, -0.2) is 16.1 Å². The summed E-state index contributed by atoms with van der Waals surface area (Å²) in [4.78, 5) is 14.3. The Kier molecular flexibility index (Phi) is 5.88. The van der Waals surface area contributed by atoms with Gasteiger partial charge < -0.3 is 5.11 Å². The summed E-state index contributed by atoms with van der Waals surface area (Å²) < 4.78 is 0. The fourth-order valence-electron chi connectivity index (χ4n) is 1.08. The van der Waals surface area contributed by atoms with Gasteiger partial charge in [0, 0.05) is 6.20 Å². The van der Waals surface area contributed by atoms with Gasteiger partial charge in [0.25, 0.3) is 0 Å². The number of hydrogen-bond acceptors (Lipinski definition) is 2. The Labute approximate surface area is 89.6 Å². The molecule has 1 N–H and O–H groups in total. The number of pyridine rings is 1. The number of aromatic nitrogens is 1. The maximum absolute atomic E-state index is 10.5. The van der Waals surface area contributed by atoms with E-state index in [1.165, 1.54) is 0 Å². The summed E-state index contributed by atoms with van der Waals surface area (Å²) in [7, 11) is 0. The Balaban J connectivity index is 0.00000169. The molecule has 0 fully saturated rings. The molecule has 0 aliphatic rings. The van der Waals surface area contributed by atoms with Crippen LogP contribution in [0.5, 0.6) is 0 Å². The molecule has 1 rings (SSSR count). The minimum atomic E-state index is -0.970. The smallest absolute Gasteiger partial charge is 0.354 e. The van der Waals surface area contributed by atoms with Gasteiger partial charge in [-0.3, -0.25) is 0 Å². The van der Waals surface area contributed by atoms with Gasteiger partial charge in [0.05, 0.1) is 0 Å². The van der Waals surface area contributed by atoms with Crippen molar-refractivity contribution in [1.29, 1.82) is 0 Å². The second kappa shape index (κ2) is 6.38. The molecule has 0 aliphatic heterocycles. The lowest BCUT2D eigenvalue weighted by molar-refractivity contribution is 0.0690. The van der Waals surface area contributed by atoms with E-state index < -0.39 is 5.97 Å². The highest BCUT2D eigenvalue weighted by Gasteiger charge is 2.02. The van der Waals surface area contributed by atoms with E-state index in [-0.39, 0.29) is 18.1 Å². The molecule has 14 heavy (non-hydrogen) atoms. The van der Waals surface area contributed by atoms with Gasteiger partial charge in [0.1, 0.15) is 5.69 Å². The van der Waals surface area contributed by atoms with Crippen LogP contribution < -0.4 is 0 Å². The van der Waals surface area contributed by atoms with Crippen LogP contribution in [0.25, 0.3) is 0 Å². The highest BCUT2D eigenvalue weighted by molar-refractivity contribution is 5.85. The first-order valence-corrected chi connectivity index (χ1v) is 4.42. The van der Waals surface area contributed by atoms with Crippen LogP contribution in [-0.2, 0) is 6.42 Å². The number of rotatable bonds is 4. The fraction of sp³-hybridized carbons (Fsp3) is 0.400. The van der Waals surface area contributed by atoms with Crippen LogP contribution in [0.1, 0.15) is 35.8 Å². The van der Waals surface area contributed by atoms with Crippen molar-refractivity contribution in [2.24, 2.45) is 0 Å². The molecule has 0 saturated carbocycles. The number of aromatic carboxylic acids is 1. The minimum Gasteiger partial charge on any atom is -0.477 e. The van der Waals surface area contributed by atoms with E-state index in [1.54, 1.807) is 12.3 Å². The van der Waals surface area contributed by atoms with Crippen molar-refractivity contribution in [3.8, 4) is 0 Å². The summed E-state index contributed by atoms with van der Waals surface area (Å²) >= 11 is 0. The second-order valence-corrected chi connectivity index (χ2v) is 2.96. The van der Waals surface area contributed by atoms with Crippen molar-refractivity contribution in [2.75, 3.05) is 0 Å². The zero-order chi connectivity index (χ0) is 9.68. The highest BCUT2D eigenvalue weighted by atomic mass is 35.5. The number of nitrogens with zero attached hydrogens (tertiary/aromatic N) is 1. The third-order valence-corrected chi connectivity index (χ3v) is 1.86. The van der Waals surface area contributed by atoms with E-state index >= 15 is 0 Å². The molecule has 0 amide bonds. The quantitative estimate of drug-likeness (QED) is 0.840. The van der Waals surface area contributed by atoms with Crippen LogP contribution in [0, 0.1) is 0 Å². The van der Waals surface area contributed by atoms with Gasteiger partial charge in [-0.2, -0.15) is 0 Å². The molecule has 78 valence electrons. The SMILES string of the molecule is CCCCc1ccc(C(=O)O)nc1.Cl. The van der Waals surface area contributed by atoms with Crippen molar-refractivity contribution in [3.05, 3.63) is 29.6 Å². The molecule has 0 spiro atoms. The van der Waals surface area contributed by atoms with E-state index in [1.807, 2.05) is 6.07 Å². The van der Waals surface area contributed by atoms with Gasteiger partial charge in [0.15, 0.2) is 0 Å². The lowest BCUT2D eigenvalue weighted by atomic mass is 10.1. The van der Waals surface area contributed by atoms with Crippen LogP contribution in [0.3, 0.4) is 0 Å². The third-order valence-electron chi connectivity index (χ3n) is 1.86. The number of hydrogen-bond donors (Lipinski definition) is 1. The van der Waals surface area contributed by atoms with Crippen LogP contribution in [0.4, 0.5) is 0 Å². The van der Waals surface area contributed by atoms with E-state index in [0.29, 0.717) is 0 Å². The average Bonchev–Trinajstić information content (AvgIpc) is 2.15. The predicted octanol–water partition coefficient (Wildman–Crippen LogP) is 2.54. The number of carbonyl (C=O) groups is 1. The molecular weight excluding hydrogens is 202 g/mol. The summed E-state index contributed by atoms with van der Waals surface area (Å²) in [5.41, 5.74) is 1.21. The fourth-order valence-corrected chi connectivity index (χ4v) is 1.08. The Morgan fingerprint density at radius 1 is 1.50 bits per heavy atom. The van der Waals surface area contributed by atoms with Crippen molar-refractivity contribution >= 4 is 18.4 Å². The van der Waals surface area contributed by atoms with Gasteiger partial charge in [-0.05, 0) is 24.5 Å².